The number of allylic oxidation sites excluding steroid dienone is 5. The Morgan fingerprint density at radius 3 is 2.18 bits per heavy atom. The van der Waals surface area contributed by atoms with Crippen molar-refractivity contribution in [2.45, 2.75) is 92.4 Å². The van der Waals surface area contributed by atoms with Crippen molar-refractivity contribution in [1.29, 1.82) is 0 Å². The second kappa shape index (κ2) is 14.3. The summed E-state index contributed by atoms with van der Waals surface area (Å²) in [6.45, 7) is 19.1. The van der Waals surface area contributed by atoms with Gasteiger partial charge in [-0.2, -0.15) is 0 Å². The van der Waals surface area contributed by atoms with Gasteiger partial charge in [0.05, 0.1) is 0 Å². The van der Waals surface area contributed by atoms with Crippen molar-refractivity contribution >= 4 is 0 Å². The van der Waals surface area contributed by atoms with E-state index in [1.54, 1.807) is 5.57 Å². The third-order valence-corrected chi connectivity index (χ3v) is 10.5. The van der Waals surface area contributed by atoms with Crippen molar-refractivity contribution in [3.8, 4) is 0 Å². The molecular formula is C44H56. The first kappa shape index (κ1) is 32.3. The van der Waals surface area contributed by atoms with Crippen molar-refractivity contribution in [2.24, 2.45) is 35.0 Å². The molecule has 0 aromatic heterocycles. The summed E-state index contributed by atoms with van der Waals surface area (Å²) in [6, 6.07) is 30.2. The van der Waals surface area contributed by atoms with Gasteiger partial charge in [-0.15, -0.1) is 0 Å². The highest BCUT2D eigenvalue weighted by Crippen LogP contribution is 2.52. The van der Waals surface area contributed by atoms with Crippen molar-refractivity contribution < 1.29 is 0 Å². The van der Waals surface area contributed by atoms with E-state index in [1.807, 2.05) is 0 Å². The van der Waals surface area contributed by atoms with Gasteiger partial charge in [-0.1, -0.05) is 157 Å². The fourth-order valence-electron chi connectivity index (χ4n) is 8.28. The topological polar surface area (TPSA) is 0 Å². The second-order valence-corrected chi connectivity index (χ2v) is 15.3. The van der Waals surface area contributed by atoms with Crippen LogP contribution >= 0.6 is 0 Å². The quantitative estimate of drug-likeness (QED) is 0.197. The molecular weight excluding hydrogens is 528 g/mol. The lowest BCUT2D eigenvalue weighted by molar-refractivity contribution is 0.187. The van der Waals surface area contributed by atoms with E-state index in [-0.39, 0.29) is 0 Å². The van der Waals surface area contributed by atoms with Gasteiger partial charge in [0.2, 0.25) is 0 Å². The van der Waals surface area contributed by atoms with Gasteiger partial charge in [-0.3, -0.25) is 0 Å². The average Bonchev–Trinajstić information content (AvgIpc) is 3.01. The number of hydrogen-bond acceptors (Lipinski definition) is 0. The number of benzene rings is 3. The number of hydrogen-bond donors (Lipinski definition) is 0. The molecule has 0 spiro atoms. The summed E-state index contributed by atoms with van der Waals surface area (Å²) in [7, 11) is 0. The van der Waals surface area contributed by atoms with Crippen LogP contribution in [0.5, 0.6) is 0 Å². The lowest BCUT2D eigenvalue weighted by Gasteiger charge is -2.46. The zero-order valence-corrected chi connectivity index (χ0v) is 28.4. The molecule has 3 aromatic rings. The standard InChI is InChI=1S/C44H56/c1-8-14-34-23-25-38(26-24-34)43-33(4)40-18-13-12-17-39(40)29-42(43)32(3)41(28-35-15-10-9-11-16-35)31(2)27-36-19-21-37(22-20-36)30-44(5,6)7/h9-12,15-17,19-26,29,32-33,40-43H,2,8,13-14,18,27-28,30H2,1,3-7H3. The van der Waals surface area contributed by atoms with E-state index in [2.05, 4.69) is 139 Å². The predicted molar refractivity (Wildman–Crippen MR) is 191 cm³/mol. The molecule has 2 aliphatic rings. The molecule has 0 fully saturated rings. The molecule has 0 amide bonds. The van der Waals surface area contributed by atoms with Crippen LogP contribution in [0.4, 0.5) is 0 Å². The lowest BCUT2D eigenvalue weighted by Crippen LogP contribution is -2.37. The molecule has 5 rings (SSSR count). The van der Waals surface area contributed by atoms with Crippen LogP contribution in [-0.4, -0.2) is 0 Å². The van der Waals surface area contributed by atoms with Gasteiger partial charge in [0.25, 0.3) is 0 Å². The molecule has 3 aromatic carbocycles. The van der Waals surface area contributed by atoms with Gasteiger partial charge in [-0.05, 0) is 113 Å². The summed E-state index contributed by atoms with van der Waals surface area (Å²) < 4.78 is 0. The second-order valence-electron chi connectivity index (χ2n) is 15.3. The van der Waals surface area contributed by atoms with E-state index >= 15 is 0 Å². The van der Waals surface area contributed by atoms with Crippen LogP contribution in [0.2, 0.25) is 0 Å². The molecule has 0 heteroatoms. The first-order chi connectivity index (χ1) is 21.1. The van der Waals surface area contributed by atoms with E-state index in [1.165, 1.54) is 52.7 Å². The Kier molecular flexibility index (Phi) is 10.5. The first-order valence-corrected chi connectivity index (χ1v) is 17.4. The van der Waals surface area contributed by atoms with Gasteiger partial charge < -0.3 is 0 Å². The Balaban J connectivity index is 1.48. The van der Waals surface area contributed by atoms with Crippen LogP contribution < -0.4 is 0 Å². The highest BCUT2D eigenvalue weighted by atomic mass is 14.5. The van der Waals surface area contributed by atoms with Gasteiger partial charge in [0, 0.05) is 0 Å². The van der Waals surface area contributed by atoms with E-state index in [9.17, 15) is 0 Å². The Morgan fingerprint density at radius 1 is 0.864 bits per heavy atom. The summed E-state index contributed by atoms with van der Waals surface area (Å²) in [5.74, 6) is 3.12. The monoisotopic (exact) mass is 584 g/mol. The van der Waals surface area contributed by atoms with Gasteiger partial charge >= 0.3 is 0 Å². The Bertz CT molecular complexity index is 1410. The molecule has 0 radical (unpaired) electrons. The van der Waals surface area contributed by atoms with E-state index < -0.39 is 0 Å². The number of aryl methyl sites for hydroxylation is 1. The highest BCUT2D eigenvalue weighted by molar-refractivity contribution is 5.37. The first-order valence-electron chi connectivity index (χ1n) is 17.4. The number of rotatable bonds is 11. The summed E-state index contributed by atoms with van der Waals surface area (Å²) in [5, 5.41) is 0. The fourth-order valence-corrected chi connectivity index (χ4v) is 8.28. The van der Waals surface area contributed by atoms with Gasteiger partial charge in [-0.25, -0.2) is 0 Å². The Morgan fingerprint density at radius 2 is 1.52 bits per heavy atom. The minimum absolute atomic E-state index is 0.298. The molecule has 0 saturated carbocycles. The maximum atomic E-state index is 4.84. The molecule has 0 bridgehead atoms. The largest absolute Gasteiger partial charge is 0.0992 e. The third kappa shape index (κ3) is 7.93. The lowest BCUT2D eigenvalue weighted by atomic mass is 9.58. The van der Waals surface area contributed by atoms with Crippen molar-refractivity contribution in [2.75, 3.05) is 0 Å². The molecule has 0 N–H and O–H groups in total. The Hall–Kier alpha value is -3.12. The van der Waals surface area contributed by atoms with Crippen molar-refractivity contribution in [3.63, 3.8) is 0 Å². The van der Waals surface area contributed by atoms with Crippen LogP contribution in [0.1, 0.15) is 94.5 Å². The highest BCUT2D eigenvalue weighted by Gasteiger charge is 2.42. The van der Waals surface area contributed by atoms with Crippen LogP contribution in [0.25, 0.3) is 0 Å². The molecule has 0 heterocycles. The van der Waals surface area contributed by atoms with Gasteiger partial charge in [0.15, 0.2) is 0 Å². The van der Waals surface area contributed by atoms with Crippen molar-refractivity contribution in [1.82, 2.24) is 0 Å². The molecule has 44 heavy (non-hydrogen) atoms. The maximum Gasteiger partial charge on any atom is -0.00645 e. The molecule has 0 nitrogen and oxygen atoms in total. The minimum atomic E-state index is 0.298. The van der Waals surface area contributed by atoms with E-state index in [0.29, 0.717) is 40.9 Å². The molecule has 232 valence electrons. The van der Waals surface area contributed by atoms with Crippen LogP contribution in [0.3, 0.4) is 0 Å². The van der Waals surface area contributed by atoms with Crippen LogP contribution in [0.15, 0.2) is 115 Å². The van der Waals surface area contributed by atoms with Crippen LogP contribution in [0, 0.1) is 35.0 Å². The van der Waals surface area contributed by atoms with Crippen molar-refractivity contribution in [3.05, 3.63) is 143 Å². The smallest absolute Gasteiger partial charge is 0.00645 e. The van der Waals surface area contributed by atoms with E-state index in [4.69, 9.17) is 6.58 Å². The predicted octanol–water partition coefficient (Wildman–Crippen LogP) is 11.8. The molecule has 0 saturated heterocycles. The summed E-state index contributed by atoms with van der Waals surface area (Å²) in [5.41, 5.74) is 10.5. The molecule has 2 aliphatic carbocycles. The Labute approximate surface area is 269 Å². The maximum absolute atomic E-state index is 4.84. The average molecular weight is 585 g/mol. The fraction of sp³-hybridized carbons (Fsp3) is 0.455. The van der Waals surface area contributed by atoms with E-state index in [0.717, 1.165) is 25.7 Å². The molecule has 0 aliphatic heterocycles. The SMILES string of the molecule is C=C(Cc1ccc(CC(C)(C)C)cc1)C(Cc1ccccc1)C(C)C1C=C2C=CCCC2C(C)C1c1ccc(CCC)cc1. The zero-order valence-electron chi connectivity index (χ0n) is 28.4. The number of fused-ring (bicyclic) bond motifs is 1. The minimum Gasteiger partial charge on any atom is -0.0992 e. The van der Waals surface area contributed by atoms with Gasteiger partial charge in [0.1, 0.15) is 0 Å². The molecule has 6 unspecified atom stereocenters. The third-order valence-electron chi connectivity index (χ3n) is 10.5. The summed E-state index contributed by atoms with van der Waals surface area (Å²) in [6.07, 6.45) is 15.5. The summed E-state index contributed by atoms with van der Waals surface area (Å²) >= 11 is 0. The van der Waals surface area contributed by atoms with Crippen LogP contribution in [-0.2, 0) is 25.7 Å². The normalized spacial score (nSPS) is 23.0. The molecule has 6 atom stereocenters. The summed E-state index contributed by atoms with van der Waals surface area (Å²) in [4.78, 5) is 0. The zero-order chi connectivity index (χ0) is 31.3.